The van der Waals surface area contributed by atoms with Crippen molar-refractivity contribution in [3.8, 4) is 5.75 Å². The van der Waals surface area contributed by atoms with Gasteiger partial charge in [-0.25, -0.2) is 4.39 Å². The number of benzene rings is 2. The summed E-state index contributed by atoms with van der Waals surface area (Å²) in [5.74, 6) is -0.314. The van der Waals surface area contributed by atoms with Crippen LogP contribution in [-0.4, -0.2) is 71.4 Å². The molecule has 0 radical (unpaired) electrons. The van der Waals surface area contributed by atoms with Crippen LogP contribution in [0.15, 0.2) is 42.5 Å². The van der Waals surface area contributed by atoms with Crippen LogP contribution in [0.25, 0.3) is 0 Å². The fourth-order valence-electron chi connectivity index (χ4n) is 6.23. The molecule has 6 nitrogen and oxygen atoms in total. The van der Waals surface area contributed by atoms with Gasteiger partial charge in [0, 0.05) is 44.3 Å². The fraction of sp³-hybridized carbons (Fsp3) is 0.500. The fourth-order valence-corrected chi connectivity index (χ4v) is 6.23. The highest BCUT2D eigenvalue weighted by Crippen LogP contribution is 2.49. The predicted molar refractivity (Wildman–Crippen MR) is 132 cm³/mol. The summed E-state index contributed by atoms with van der Waals surface area (Å²) in [6, 6.07) is 12.7. The van der Waals surface area contributed by atoms with Crippen molar-refractivity contribution >= 4 is 11.8 Å². The van der Waals surface area contributed by atoms with Crippen molar-refractivity contribution in [3.05, 3.63) is 65.0 Å². The first kappa shape index (κ1) is 23.8. The molecule has 3 heterocycles. The third-order valence-corrected chi connectivity index (χ3v) is 8.01. The van der Waals surface area contributed by atoms with Crippen molar-refractivity contribution in [2.45, 2.75) is 57.2 Å². The van der Waals surface area contributed by atoms with Gasteiger partial charge in [-0.1, -0.05) is 24.3 Å². The molecule has 2 saturated heterocycles. The van der Waals surface area contributed by atoms with Crippen molar-refractivity contribution in [1.29, 1.82) is 0 Å². The zero-order chi connectivity index (χ0) is 24.7. The standard InChI is InChI=1S/C28H34FN3O3/c1-19(2)32-26(33)22-8-5-4-7-21(22)25(27(34)31-13-6-14-31)28(32)11-15-30(16-12-28)18-20-9-10-24(35-3)23(29)17-20/h4-5,7-10,17,19,25H,6,11-16,18H2,1-3H3. The molecule has 1 unspecified atom stereocenters. The molecule has 3 aliphatic rings. The van der Waals surface area contributed by atoms with Crippen LogP contribution in [0.1, 0.15) is 60.5 Å². The third kappa shape index (κ3) is 3.99. The van der Waals surface area contributed by atoms with Crippen LogP contribution < -0.4 is 4.74 Å². The number of carbonyl (C=O) groups excluding carboxylic acids is 2. The van der Waals surface area contributed by atoms with E-state index >= 15 is 0 Å². The summed E-state index contributed by atoms with van der Waals surface area (Å²) in [5.41, 5.74) is 1.85. The predicted octanol–water partition coefficient (Wildman–Crippen LogP) is 4.05. The summed E-state index contributed by atoms with van der Waals surface area (Å²) >= 11 is 0. The Morgan fingerprint density at radius 3 is 2.43 bits per heavy atom. The molecule has 0 aromatic heterocycles. The van der Waals surface area contributed by atoms with E-state index in [1.165, 1.54) is 13.2 Å². The summed E-state index contributed by atoms with van der Waals surface area (Å²) in [4.78, 5) is 33.9. The maximum atomic E-state index is 14.2. The average molecular weight is 480 g/mol. The zero-order valence-corrected chi connectivity index (χ0v) is 20.8. The summed E-state index contributed by atoms with van der Waals surface area (Å²) in [6.07, 6.45) is 2.44. The van der Waals surface area contributed by atoms with Crippen molar-refractivity contribution in [2.24, 2.45) is 0 Å². The molecule has 186 valence electrons. The summed E-state index contributed by atoms with van der Waals surface area (Å²) in [5, 5.41) is 0. The van der Waals surface area contributed by atoms with Gasteiger partial charge < -0.3 is 14.5 Å². The molecule has 2 fully saturated rings. The first-order valence-electron chi connectivity index (χ1n) is 12.6. The number of amides is 2. The second-order valence-corrected chi connectivity index (χ2v) is 10.3. The highest BCUT2D eigenvalue weighted by Gasteiger charge is 2.57. The van der Waals surface area contributed by atoms with Crippen LogP contribution >= 0.6 is 0 Å². The Hall–Kier alpha value is -2.93. The number of methoxy groups -OCH3 is 1. The van der Waals surface area contributed by atoms with E-state index in [-0.39, 0.29) is 35.3 Å². The SMILES string of the molecule is COc1ccc(CN2CCC3(CC2)C(C(=O)N2CCC2)c2ccccc2C(=O)N3C(C)C)cc1F. The topological polar surface area (TPSA) is 53.1 Å². The minimum Gasteiger partial charge on any atom is -0.494 e. The van der Waals surface area contributed by atoms with Gasteiger partial charge in [0.1, 0.15) is 0 Å². The van der Waals surface area contributed by atoms with Crippen LogP contribution in [0.3, 0.4) is 0 Å². The number of carbonyl (C=O) groups is 2. The number of rotatable bonds is 5. The maximum absolute atomic E-state index is 14.2. The number of nitrogens with zero attached hydrogens (tertiary/aromatic N) is 3. The van der Waals surface area contributed by atoms with Crippen molar-refractivity contribution in [1.82, 2.24) is 14.7 Å². The second kappa shape index (κ2) is 9.26. The molecule has 2 aromatic rings. The number of piperidine rings is 1. The van der Waals surface area contributed by atoms with Crippen LogP contribution in [0, 0.1) is 5.82 Å². The zero-order valence-electron chi connectivity index (χ0n) is 20.8. The Morgan fingerprint density at radius 1 is 1.11 bits per heavy atom. The minimum absolute atomic E-state index is 0.0222. The quantitative estimate of drug-likeness (QED) is 0.649. The van der Waals surface area contributed by atoms with Crippen LogP contribution in [-0.2, 0) is 11.3 Å². The molecule has 0 bridgehead atoms. The number of halogens is 1. The lowest BCUT2D eigenvalue weighted by atomic mass is 9.66. The van der Waals surface area contributed by atoms with E-state index in [0.717, 1.165) is 43.7 Å². The van der Waals surface area contributed by atoms with E-state index in [1.54, 1.807) is 6.07 Å². The third-order valence-electron chi connectivity index (χ3n) is 8.01. The molecule has 35 heavy (non-hydrogen) atoms. The van der Waals surface area contributed by atoms with E-state index in [0.29, 0.717) is 24.9 Å². The molecule has 0 N–H and O–H groups in total. The van der Waals surface area contributed by atoms with E-state index in [2.05, 4.69) is 4.90 Å². The van der Waals surface area contributed by atoms with Gasteiger partial charge in [0.15, 0.2) is 11.6 Å². The lowest BCUT2D eigenvalue weighted by molar-refractivity contribution is -0.142. The molecule has 0 aliphatic carbocycles. The van der Waals surface area contributed by atoms with Gasteiger partial charge >= 0.3 is 0 Å². The van der Waals surface area contributed by atoms with Gasteiger partial charge in [0.25, 0.3) is 5.91 Å². The molecule has 1 atom stereocenters. The Balaban J connectivity index is 1.46. The van der Waals surface area contributed by atoms with Crippen molar-refractivity contribution in [3.63, 3.8) is 0 Å². The minimum atomic E-state index is -0.562. The van der Waals surface area contributed by atoms with Crippen molar-refractivity contribution < 1.29 is 18.7 Å². The number of ether oxygens (including phenoxy) is 1. The molecular weight excluding hydrogens is 445 g/mol. The molecule has 7 heteroatoms. The van der Waals surface area contributed by atoms with Crippen molar-refractivity contribution in [2.75, 3.05) is 33.3 Å². The molecule has 3 aliphatic heterocycles. The molecule has 1 spiro atoms. The monoisotopic (exact) mass is 479 g/mol. The summed E-state index contributed by atoms with van der Waals surface area (Å²) in [7, 11) is 1.46. The number of hydrogen-bond donors (Lipinski definition) is 0. The average Bonchev–Trinajstić information content (AvgIpc) is 2.79. The molecule has 0 saturated carbocycles. The Labute approximate surface area is 206 Å². The Kier molecular flexibility index (Phi) is 6.30. The van der Waals surface area contributed by atoms with Crippen LogP contribution in [0.5, 0.6) is 5.75 Å². The molecular formula is C28H34FN3O3. The normalized spacial score (nSPS) is 21.7. The van der Waals surface area contributed by atoms with Gasteiger partial charge in [-0.3, -0.25) is 14.5 Å². The van der Waals surface area contributed by atoms with Gasteiger partial charge in [-0.15, -0.1) is 0 Å². The highest BCUT2D eigenvalue weighted by atomic mass is 19.1. The summed E-state index contributed by atoms with van der Waals surface area (Å²) < 4.78 is 19.3. The Bertz CT molecular complexity index is 1120. The molecule has 5 rings (SSSR count). The van der Waals surface area contributed by atoms with Gasteiger partial charge in [0.05, 0.1) is 18.6 Å². The Morgan fingerprint density at radius 2 is 1.83 bits per heavy atom. The first-order valence-corrected chi connectivity index (χ1v) is 12.6. The lowest BCUT2D eigenvalue weighted by Crippen LogP contribution is -2.67. The van der Waals surface area contributed by atoms with Gasteiger partial charge in [-0.2, -0.15) is 0 Å². The van der Waals surface area contributed by atoms with E-state index < -0.39 is 5.54 Å². The molecule has 2 amide bonds. The first-order chi connectivity index (χ1) is 16.9. The number of hydrogen-bond acceptors (Lipinski definition) is 4. The van der Waals surface area contributed by atoms with Crippen LogP contribution in [0.2, 0.25) is 0 Å². The smallest absolute Gasteiger partial charge is 0.254 e. The number of likely N-dealkylation sites (tertiary alicyclic amines) is 2. The summed E-state index contributed by atoms with van der Waals surface area (Å²) in [6.45, 7) is 7.76. The van der Waals surface area contributed by atoms with E-state index in [1.807, 2.05) is 54.0 Å². The van der Waals surface area contributed by atoms with E-state index in [9.17, 15) is 14.0 Å². The number of fused-ring (bicyclic) bond motifs is 1. The lowest BCUT2D eigenvalue weighted by Gasteiger charge is -2.57. The molecule has 2 aromatic carbocycles. The maximum Gasteiger partial charge on any atom is 0.254 e. The van der Waals surface area contributed by atoms with Gasteiger partial charge in [0.2, 0.25) is 5.91 Å². The second-order valence-electron chi connectivity index (χ2n) is 10.3. The largest absolute Gasteiger partial charge is 0.494 e. The van der Waals surface area contributed by atoms with Gasteiger partial charge in [-0.05, 0) is 62.4 Å². The van der Waals surface area contributed by atoms with E-state index in [4.69, 9.17) is 4.74 Å². The van der Waals surface area contributed by atoms with Crippen LogP contribution in [0.4, 0.5) is 4.39 Å². The highest BCUT2D eigenvalue weighted by molar-refractivity contribution is 6.02.